The Balaban J connectivity index is 1.95. The van der Waals surface area contributed by atoms with Gasteiger partial charge in [0.2, 0.25) is 0 Å². The molecule has 0 aromatic heterocycles. The number of hydrogen-bond acceptors (Lipinski definition) is 3. The molecule has 0 saturated heterocycles. The van der Waals surface area contributed by atoms with Gasteiger partial charge in [0, 0.05) is 0 Å². The van der Waals surface area contributed by atoms with Crippen molar-refractivity contribution in [1.29, 1.82) is 0 Å². The van der Waals surface area contributed by atoms with E-state index in [1.165, 1.54) is 18.2 Å². The molecule has 0 aliphatic heterocycles. The number of amides is 1. The lowest BCUT2D eigenvalue weighted by Crippen LogP contribution is -2.21. The molecule has 2 aromatic carbocycles. The van der Waals surface area contributed by atoms with Crippen LogP contribution in [0.5, 0.6) is 5.75 Å². The first-order valence-electron chi connectivity index (χ1n) is 5.68. The molecule has 0 bridgehead atoms. The molecule has 0 fully saturated rings. The third kappa shape index (κ3) is 3.45. The quantitative estimate of drug-likeness (QED) is 0.830. The van der Waals surface area contributed by atoms with Gasteiger partial charge >= 0.3 is 0 Å². The van der Waals surface area contributed by atoms with E-state index >= 15 is 0 Å². The van der Waals surface area contributed by atoms with Crippen LogP contribution in [-0.2, 0) is 4.79 Å². The number of benzene rings is 2. The molecule has 0 spiro atoms. The molecule has 0 atom stereocenters. The first-order valence-corrected chi connectivity index (χ1v) is 5.68. The van der Waals surface area contributed by atoms with E-state index in [0.29, 0.717) is 5.75 Å². The summed E-state index contributed by atoms with van der Waals surface area (Å²) in [6.45, 7) is -0.211. The van der Waals surface area contributed by atoms with E-state index in [-0.39, 0.29) is 18.0 Å². The molecule has 98 valence electrons. The van der Waals surface area contributed by atoms with Crippen molar-refractivity contribution in [1.82, 2.24) is 0 Å². The van der Waals surface area contributed by atoms with Crippen LogP contribution in [-0.4, -0.2) is 12.5 Å². The summed E-state index contributed by atoms with van der Waals surface area (Å²) in [6, 6.07) is 13.1. The van der Waals surface area contributed by atoms with Gasteiger partial charge in [0.1, 0.15) is 17.3 Å². The van der Waals surface area contributed by atoms with Gasteiger partial charge in [-0.2, -0.15) is 0 Å². The number of anilines is 2. The van der Waals surface area contributed by atoms with Crippen molar-refractivity contribution in [3.63, 3.8) is 0 Å². The third-order valence-electron chi connectivity index (χ3n) is 2.42. The highest BCUT2D eigenvalue weighted by atomic mass is 19.1. The minimum Gasteiger partial charge on any atom is -0.484 e. The molecule has 4 nitrogen and oxygen atoms in total. The molecule has 0 saturated carbocycles. The van der Waals surface area contributed by atoms with Gasteiger partial charge in [-0.25, -0.2) is 4.39 Å². The number of nitrogen functional groups attached to an aromatic ring is 1. The monoisotopic (exact) mass is 260 g/mol. The van der Waals surface area contributed by atoms with Gasteiger partial charge in [0.25, 0.3) is 5.91 Å². The Kier molecular flexibility index (Phi) is 3.97. The summed E-state index contributed by atoms with van der Waals surface area (Å²) in [6.07, 6.45) is 0. The van der Waals surface area contributed by atoms with Crippen molar-refractivity contribution in [3.05, 3.63) is 54.3 Å². The normalized spacial score (nSPS) is 9.95. The topological polar surface area (TPSA) is 64.3 Å². The van der Waals surface area contributed by atoms with Gasteiger partial charge in [-0.1, -0.05) is 24.3 Å². The van der Waals surface area contributed by atoms with Crippen molar-refractivity contribution in [2.75, 3.05) is 17.7 Å². The van der Waals surface area contributed by atoms with Gasteiger partial charge in [-0.15, -0.1) is 0 Å². The Labute approximate surface area is 110 Å². The number of nitrogens with one attached hydrogen (secondary N) is 1. The second-order valence-electron chi connectivity index (χ2n) is 3.85. The Morgan fingerprint density at radius 3 is 2.58 bits per heavy atom. The van der Waals surface area contributed by atoms with Crippen LogP contribution in [0.4, 0.5) is 15.8 Å². The SMILES string of the molecule is Nc1cccc(F)c1NC(=O)COc1ccccc1. The summed E-state index contributed by atoms with van der Waals surface area (Å²) >= 11 is 0. The highest BCUT2D eigenvalue weighted by molar-refractivity contribution is 5.94. The largest absolute Gasteiger partial charge is 0.484 e. The average molecular weight is 260 g/mol. The van der Waals surface area contributed by atoms with Gasteiger partial charge in [0.05, 0.1) is 5.69 Å². The summed E-state index contributed by atoms with van der Waals surface area (Å²) < 4.78 is 18.7. The molecule has 5 heteroatoms. The molecular formula is C14H13FN2O2. The standard InChI is InChI=1S/C14H13FN2O2/c15-11-7-4-8-12(16)14(11)17-13(18)9-19-10-5-2-1-3-6-10/h1-8H,9,16H2,(H,17,18). The minimum absolute atomic E-state index is 0.0239. The number of para-hydroxylation sites is 2. The molecular weight excluding hydrogens is 247 g/mol. The number of carbonyl (C=O) groups is 1. The first kappa shape index (κ1) is 12.9. The lowest BCUT2D eigenvalue weighted by atomic mass is 10.2. The van der Waals surface area contributed by atoms with Crippen molar-refractivity contribution in [2.45, 2.75) is 0 Å². The zero-order valence-electron chi connectivity index (χ0n) is 10.1. The summed E-state index contributed by atoms with van der Waals surface area (Å²) in [5.41, 5.74) is 5.73. The van der Waals surface area contributed by atoms with Gasteiger partial charge < -0.3 is 15.8 Å². The predicted molar refractivity (Wildman–Crippen MR) is 71.4 cm³/mol. The van der Waals surface area contributed by atoms with E-state index < -0.39 is 11.7 Å². The van der Waals surface area contributed by atoms with Crippen LogP contribution in [0.3, 0.4) is 0 Å². The lowest BCUT2D eigenvalue weighted by Gasteiger charge is -2.10. The number of carbonyl (C=O) groups excluding carboxylic acids is 1. The summed E-state index contributed by atoms with van der Waals surface area (Å²) in [5.74, 6) is -0.479. The predicted octanol–water partition coefficient (Wildman–Crippen LogP) is 2.43. The summed E-state index contributed by atoms with van der Waals surface area (Å²) in [5, 5.41) is 2.38. The van der Waals surface area contributed by atoms with Crippen LogP contribution in [0, 0.1) is 5.82 Å². The molecule has 3 N–H and O–H groups in total. The van der Waals surface area contributed by atoms with E-state index in [0.717, 1.165) is 0 Å². The Bertz CT molecular complexity index is 553. The van der Waals surface area contributed by atoms with E-state index in [2.05, 4.69) is 5.32 Å². The van der Waals surface area contributed by atoms with Crippen LogP contribution >= 0.6 is 0 Å². The minimum atomic E-state index is -0.576. The van der Waals surface area contributed by atoms with E-state index in [9.17, 15) is 9.18 Å². The maximum absolute atomic E-state index is 13.4. The van der Waals surface area contributed by atoms with Crippen LogP contribution < -0.4 is 15.8 Å². The van der Waals surface area contributed by atoms with Crippen molar-refractivity contribution < 1.29 is 13.9 Å². The summed E-state index contributed by atoms with van der Waals surface area (Å²) in [7, 11) is 0. The molecule has 0 unspecified atom stereocenters. The highest BCUT2D eigenvalue weighted by Gasteiger charge is 2.10. The maximum atomic E-state index is 13.4. The van der Waals surface area contributed by atoms with Crippen LogP contribution in [0.1, 0.15) is 0 Å². The molecule has 0 aliphatic rings. The van der Waals surface area contributed by atoms with Crippen LogP contribution in [0.2, 0.25) is 0 Å². The van der Waals surface area contributed by atoms with Gasteiger partial charge in [-0.3, -0.25) is 4.79 Å². The average Bonchev–Trinajstić information content (AvgIpc) is 2.42. The molecule has 19 heavy (non-hydrogen) atoms. The molecule has 1 amide bonds. The van der Waals surface area contributed by atoms with E-state index in [1.807, 2.05) is 6.07 Å². The van der Waals surface area contributed by atoms with E-state index in [1.54, 1.807) is 24.3 Å². The smallest absolute Gasteiger partial charge is 0.262 e. The molecule has 0 radical (unpaired) electrons. The Hall–Kier alpha value is -2.56. The van der Waals surface area contributed by atoms with E-state index in [4.69, 9.17) is 10.5 Å². The number of hydrogen-bond donors (Lipinski definition) is 2. The van der Waals surface area contributed by atoms with Crippen LogP contribution in [0.15, 0.2) is 48.5 Å². The highest BCUT2D eigenvalue weighted by Crippen LogP contribution is 2.21. The number of rotatable bonds is 4. The number of nitrogens with two attached hydrogens (primary N) is 1. The number of ether oxygens (including phenoxy) is 1. The lowest BCUT2D eigenvalue weighted by molar-refractivity contribution is -0.118. The van der Waals surface area contributed by atoms with Gasteiger partial charge in [0.15, 0.2) is 6.61 Å². The summed E-state index contributed by atoms with van der Waals surface area (Å²) in [4.78, 5) is 11.6. The third-order valence-corrected chi connectivity index (χ3v) is 2.42. The fraction of sp³-hybridized carbons (Fsp3) is 0.0714. The Morgan fingerprint density at radius 1 is 1.16 bits per heavy atom. The molecule has 2 rings (SSSR count). The Morgan fingerprint density at radius 2 is 1.89 bits per heavy atom. The number of halogens is 1. The first-order chi connectivity index (χ1) is 9.16. The maximum Gasteiger partial charge on any atom is 0.262 e. The van der Waals surface area contributed by atoms with Crippen molar-refractivity contribution >= 4 is 17.3 Å². The molecule has 2 aromatic rings. The second kappa shape index (κ2) is 5.86. The molecule has 0 aliphatic carbocycles. The molecule has 0 heterocycles. The van der Waals surface area contributed by atoms with Crippen molar-refractivity contribution in [3.8, 4) is 5.75 Å². The van der Waals surface area contributed by atoms with Crippen LogP contribution in [0.25, 0.3) is 0 Å². The second-order valence-corrected chi connectivity index (χ2v) is 3.85. The fourth-order valence-electron chi connectivity index (χ4n) is 1.51. The zero-order valence-corrected chi connectivity index (χ0v) is 10.1. The van der Waals surface area contributed by atoms with Gasteiger partial charge in [-0.05, 0) is 24.3 Å². The van der Waals surface area contributed by atoms with Crippen molar-refractivity contribution in [2.24, 2.45) is 0 Å². The zero-order chi connectivity index (χ0) is 13.7. The fourth-order valence-corrected chi connectivity index (χ4v) is 1.51.